The number of likely N-dealkylation sites (N-methyl/N-ethyl adjacent to an activating group) is 1. The smallest absolute Gasteiger partial charge is 0.291 e. The van der Waals surface area contributed by atoms with E-state index in [1.807, 2.05) is 42.5 Å². The number of carbonyl (C=O) groups is 1. The molecule has 1 saturated heterocycles. The molecule has 0 spiro atoms. The van der Waals surface area contributed by atoms with E-state index in [0.29, 0.717) is 22.7 Å². The van der Waals surface area contributed by atoms with Gasteiger partial charge in [-0.05, 0) is 36.9 Å². The van der Waals surface area contributed by atoms with Gasteiger partial charge in [0.2, 0.25) is 0 Å². The Balaban J connectivity index is 1.57. The van der Waals surface area contributed by atoms with Crippen molar-refractivity contribution in [3.8, 4) is 0 Å². The molecule has 6 nitrogen and oxygen atoms in total. The number of hydrogen-bond donors (Lipinski definition) is 2. The second-order valence-electron chi connectivity index (χ2n) is 6.80. The van der Waals surface area contributed by atoms with E-state index in [1.54, 1.807) is 6.07 Å². The number of nitrogen functional groups attached to an aromatic ring is 1. The van der Waals surface area contributed by atoms with Crippen LogP contribution in [0, 0.1) is 0 Å². The van der Waals surface area contributed by atoms with Crippen LogP contribution in [-0.2, 0) is 0 Å². The van der Waals surface area contributed by atoms with Crippen LogP contribution in [0.5, 0.6) is 0 Å². The van der Waals surface area contributed by atoms with Crippen LogP contribution in [0.2, 0.25) is 0 Å². The molecule has 0 unspecified atom stereocenters. The van der Waals surface area contributed by atoms with Crippen LogP contribution in [0.25, 0.3) is 11.0 Å². The maximum Gasteiger partial charge on any atom is 0.291 e. The summed E-state index contributed by atoms with van der Waals surface area (Å²) in [5.74, 6) is 0.0191. The van der Waals surface area contributed by atoms with E-state index in [1.165, 1.54) is 0 Å². The van der Waals surface area contributed by atoms with Crippen LogP contribution in [0.15, 0.2) is 52.9 Å². The monoisotopic (exact) mass is 364 g/mol. The number of furan rings is 1. The fraction of sp³-hybridized carbons (Fsp3) is 0.286. The van der Waals surface area contributed by atoms with Gasteiger partial charge in [-0.25, -0.2) is 0 Å². The first-order valence-corrected chi connectivity index (χ1v) is 9.31. The van der Waals surface area contributed by atoms with Crippen LogP contribution >= 0.6 is 0 Å². The highest BCUT2D eigenvalue weighted by Gasteiger charge is 2.20. The van der Waals surface area contributed by atoms with Crippen LogP contribution < -0.4 is 16.0 Å². The van der Waals surface area contributed by atoms with E-state index < -0.39 is 0 Å². The molecule has 2 aromatic carbocycles. The fourth-order valence-corrected chi connectivity index (χ4v) is 3.51. The Kier molecular flexibility index (Phi) is 4.73. The quantitative estimate of drug-likeness (QED) is 0.694. The van der Waals surface area contributed by atoms with Gasteiger partial charge >= 0.3 is 0 Å². The minimum Gasteiger partial charge on any atom is -0.451 e. The van der Waals surface area contributed by atoms with Crippen molar-refractivity contribution in [2.75, 3.05) is 48.7 Å². The Hall–Kier alpha value is -2.99. The highest BCUT2D eigenvalue weighted by Crippen LogP contribution is 2.30. The van der Waals surface area contributed by atoms with E-state index in [0.717, 1.165) is 43.8 Å². The zero-order valence-electron chi connectivity index (χ0n) is 15.4. The van der Waals surface area contributed by atoms with Crippen molar-refractivity contribution in [3.05, 3.63) is 54.3 Å². The highest BCUT2D eigenvalue weighted by molar-refractivity contribution is 6.06. The van der Waals surface area contributed by atoms with Crippen molar-refractivity contribution in [1.29, 1.82) is 0 Å². The number of hydrogen-bond acceptors (Lipinski definition) is 5. The van der Waals surface area contributed by atoms with E-state index in [9.17, 15) is 4.79 Å². The van der Waals surface area contributed by atoms with Crippen LogP contribution in [0.1, 0.15) is 17.5 Å². The first kappa shape index (κ1) is 17.4. The Morgan fingerprint density at radius 1 is 1.11 bits per heavy atom. The third-order valence-corrected chi connectivity index (χ3v) is 5.08. The second kappa shape index (κ2) is 7.32. The minimum absolute atomic E-state index is 0.273. The molecular weight excluding hydrogens is 340 g/mol. The zero-order chi connectivity index (χ0) is 18.8. The summed E-state index contributed by atoms with van der Waals surface area (Å²) in [5.41, 5.74) is 9.00. The van der Waals surface area contributed by atoms with Gasteiger partial charge < -0.3 is 25.3 Å². The molecule has 27 heavy (non-hydrogen) atoms. The molecule has 4 rings (SSSR count). The average molecular weight is 364 g/mol. The number of amides is 1. The number of nitrogens with zero attached hydrogens (tertiary/aromatic N) is 2. The normalized spacial score (nSPS) is 15.2. The molecule has 3 N–H and O–H groups in total. The van der Waals surface area contributed by atoms with Gasteiger partial charge in [0.25, 0.3) is 5.91 Å². The molecule has 3 aromatic rings. The Morgan fingerprint density at radius 3 is 2.63 bits per heavy atom. The number of rotatable bonds is 4. The maximum absolute atomic E-state index is 12.8. The summed E-state index contributed by atoms with van der Waals surface area (Å²) in [4.78, 5) is 17.5. The zero-order valence-corrected chi connectivity index (χ0v) is 15.4. The fourth-order valence-electron chi connectivity index (χ4n) is 3.51. The number of nitrogens with one attached hydrogen (secondary N) is 1. The SMILES string of the molecule is CCN1CCN(c2ccc(N)cc2NC(=O)c2cc3ccccc3o2)CC1. The molecule has 0 aliphatic carbocycles. The van der Waals surface area contributed by atoms with Gasteiger partial charge in [-0.1, -0.05) is 25.1 Å². The lowest BCUT2D eigenvalue weighted by atomic mass is 10.2. The number of carbonyl (C=O) groups excluding carboxylic acids is 1. The summed E-state index contributed by atoms with van der Waals surface area (Å²) in [6.07, 6.45) is 0. The van der Waals surface area contributed by atoms with Crippen LogP contribution in [0.4, 0.5) is 17.1 Å². The van der Waals surface area contributed by atoms with Crippen LogP contribution in [0.3, 0.4) is 0 Å². The lowest BCUT2D eigenvalue weighted by Crippen LogP contribution is -2.46. The van der Waals surface area contributed by atoms with Crippen LogP contribution in [-0.4, -0.2) is 43.5 Å². The third kappa shape index (κ3) is 3.61. The van der Waals surface area contributed by atoms with Crippen molar-refractivity contribution in [2.24, 2.45) is 0 Å². The first-order chi connectivity index (χ1) is 13.1. The Bertz CT molecular complexity index is 925. The number of anilines is 3. The molecule has 1 amide bonds. The highest BCUT2D eigenvalue weighted by atomic mass is 16.3. The van der Waals surface area contributed by atoms with Crippen molar-refractivity contribution >= 4 is 33.9 Å². The van der Waals surface area contributed by atoms with Gasteiger partial charge in [-0.15, -0.1) is 0 Å². The number of nitrogens with two attached hydrogens (primary N) is 1. The van der Waals surface area contributed by atoms with Gasteiger partial charge in [-0.3, -0.25) is 4.79 Å². The predicted octanol–water partition coefficient (Wildman–Crippen LogP) is 3.41. The largest absolute Gasteiger partial charge is 0.451 e. The number of piperazine rings is 1. The number of fused-ring (bicyclic) bond motifs is 1. The van der Waals surface area contributed by atoms with E-state index in [-0.39, 0.29) is 5.91 Å². The van der Waals surface area contributed by atoms with Gasteiger partial charge in [0.05, 0.1) is 11.4 Å². The maximum atomic E-state index is 12.8. The molecule has 1 aromatic heterocycles. The molecule has 140 valence electrons. The standard InChI is InChI=1S/C21H24N4O2/c1-2-24-9-11-25(12-10-24)18-8-7-16(22)14-17(18)23-21(26)20-13-15-5-3-4-6-19(15)27-20/h3-8,13-14H,2,9-12,22H2,1H3,(H,23,26). The molecule has 0 atom stereocenters. The molecule has 0 saturated carbocycles. The molecule has 6 heteroatoms. The van der Waals surface area contributed by atoms with Crippen molar-refractivity contribution < 1.29 is 9.21 Å². The lowest BCUT2D eigenvalue weighted by molar-refractivity contribution is 0.0998. The second-order valence-corrected chi connectivity index (χ2v) is 6.80. The van der Waals surface area contributed by atoms with Crippen molar-refractivity contribution in [3.63, 3.8) is 0 Å². The Labute approximate surface area is 158 Å². The Morgan fingerprint density at radius 2 is 1.89 bits per heavy atom. The molecule has 2 heterocycles. The lowest BCUT2D eigenvalue weighted by Gasteiger charge is -2.36. The number of benzene rings is 2. The van der Waals surface area contributed by atoms with Crippen molar-refractivity contribution in [1.82, 2.24) is 4.90 Å². The molecular formula is C21H24N4O2. The minimum atomic E-state index is -0.273. The average Bonchev–Trinajstić information content (AvgIpc) is 3.13. The first-order valence-electron chi connectivity index (χ1n) is 9.31. The predicted molar refractivity (Wildman–Crippen MR) is 109 cm³/mol. The summed E-state index contributed by atoms with van der Waals surface area (Å²) in [6.45, 7) is 7.11. The number of para-hydroxylation sites is 1. The molecule has 1 fully saturated rings. The molecule has 1 aliphatic rings. The summed E-state index contributed by atoms with van der Waals surface area (Å²) in [6, 6.07) is 15.0. The summed E-state index contributed by atoms with van der Waals surface area (Å²) >= 11 is 0. The van der Waals surface area contributed by atoms with Crippen molar-refractivity contribution in [2.45, 2.75) is 6.92 Å². The van der Waals surface area contributed by atoms with E-state index >= 15 is 0 Å². The van der Waals surface area contributed by atoms with Gasteiger partial charge in [0.1, 0.15) is 5.58 Å². The van der Waals surface area contributed by atoms with Gasteiger partial charge in [0.15, 0.2) is 5.76 Å². The molecule has 1 aliphatic heterocycles. The van der Waals surface area contributed by atoms with E-state index in [4.69, 9.17) is 10.2 Å². The summed E-state index contributed by atoms with van der Waals surface area (Å²) in [5, 5.41) is 3.89. The molecule has 0 bridgehead atoms. The summed E-state index contributed by atoms with van der Waals surface area (Å²) in [7, 11) is 0. The third-order valence-electron chi connectivity index (χ3n) is 5.08. The van der Waals surface area contributed by atoms with E-state index in [2.05, 4.69) is 22.0 Å². The van der Waals surface area contributed by atoms with Gasteiger partial charge in [-0.2, -0.15) is 0 Å². The summed E-state index contributed by atoms with van der Waals surface area (Å²) < 4.78 is 5.68. The van der Waals surface area contributed by atoms with Gasteiger partial charge in [0, 0.05) is 37.3 Å². The topological polar surface area (TPSA) is 74.7 Å². The molecule has 0 radical (unpaired) electrons.